The van der Waals surface area contributed by atoms with E-state index in [9.17, 15) is 0 Å². The maximum absolute atomic E-state index is 6.16. The quantitative estimate of drug-likeness (QED) is 0.767. The molecule has 0 fully saturated rings. The lowest BCUT2D eigenvalue weighted by Crippen LogP contribution is -2.24. The van der Waals surface area contributed by atoms with Crippen molar-refractivity contribution in [2.75, 3.05) is 0 Å². The first-order chi connectivity index (χ1) is 7.36. The summed E-state index contributed by atoms with van der Waals surface area (Å²) in [4.78, 5) is 0. The zero-order valence-electron chi connectivity index (χ0n) is 9.11. The van der Waals surface area contributed by atoms with E-state index < -0.39 is 0 Å². The van der Waals surface area contributed by atoms with Gasteiger partial charge in [0.1, 0.15) is 5.76 Å². The predicted octanol–water partition coefficient (Wildman–Crippen LogP) is 3.04. The Morgan fingerprint density at radius 2 is 2.33 bits per heavy atom. The molecule has 2 nitrogen and oxygen atoms in total. The third-order valence-corrected chi connectivity index (χ3v) is 3.08. The molecule has 0 aliphatic heterocycles. The summed E-state index contributed by atoms with van der Waals surface area (Å²) in [5.41, 5.74) is 7.61. The smallest absolute Gasteiger partial charge is 0.103 e. The summed E-state index contributed by atoms with van der Waals surface area (Å²) in [6, 6.07) is 4.18. The van der Waals surface area contributed by atoms with Gasteiger partial charge in [0.05, 0.1) is 6.26 Å². The molecule has 1 aliphatic rings. The number of furan rings is 1. The van der Waals surface area contributed by atoms with Crippen molar-refractivity contribution in [2.24, 2.45) is 5.73 Å². The Bertz CT molecular complexity index is 313. The van der Waals surface area contributed by atoms with E-state index in [0.717, 1.165) is 18.6 Å². The molecule has 0 saturated carbocycles. The van der Waals surface area contributed by atoms with Gasteiger partial charge in [-0.1, -0.05) is 11.6 Å². The second kappa shape index (κ2) is 5.17. The Morgan fingerprint density at radius 1 is 1.40 bits per heavy atom. The number of nitrogens with two attached hydrogens (primary N) is 1. The van der Waals surface area contributed by atoms with Gasteiger partial charge < -0.3 is 10.2 Å². The Kier molecular flexibility index (Phi) is 3.62. The lowest BCUT2D eigenvalue weighted by Gasteiger charge is -2.19. The highest BCUT2D eigenvalue weighted by atomic mass is 16.3. The zero-order valence-corrected chi connectivity index (χ0v) is 9.11. The van der Waals surface area contributed by atoms with Crippen molar-refractivity contribution in [3.63, 3.8) is 0 Å². The number of hydrogen-bond acceptors (Lipinski definition) is 2. The summed E-state index contributed by atoms with van der Waals surface area (Å²) in [5, 5.41) is 0. The Balaban J connectivity index is 1.81. The van der Waals surface area contributed by atoms with E-state index >= 15 is 0 Å². The van der Waals surface area contributed by atoms with Gasteiger partial charge in [0.25, 0.3) is 0 Å². The molecular formula is C13H19NO. The molecule has 0 amide bonds. The first-order valence-electron chi connectivity index (χ1n) is 5.83. The minimum atomic E-state index is 0.232. The molecule has 82 valence electrons. The fourth-order valence-electron chi connectivity index (χ4n) is 2.14. The second-order valence-electron chi connectivity index (χ2n) is 4.25. The largest absolute Gasteiger partial charge is 0.469 e. The van der Waals surface area contributed by atoms with Gasteiger partial charge in [-0.05, 0) is 44.2 Å². The van der Waals surface area contributed by atoms with Crippen LogP contribution in [0.3, 0.4) is 0 Å². The normalized spacial score (nSPS) is 18.6. The monoisotopic (exact) mass is 205 g/mol. The summed E-state index contributed by atoms with van der Waals surface area (Å²) in [5.74, 6) is 1.04. The van der Waals surface area contributed by atoms with Crippen molar-refractivity contribution in [1.82, 2.24) is 0 Å². The van der Waals surface area contributed by atoms with Crippen molar-refractivity contribution < 1.29 is 4.42 Å². The summed E-state index contributed by atoms with van der Waals surface area (Å²) in [7, 11) is 0. The van der Waals surface area contributed by atoms with Gasteiger partial charge in [-0.2, -0.15) is 0 Å². The van der Waals surface area contributed by atoms with Gasteiger partial charge in [0, 0.05) is 12.5 Å². The summed E-state index contributed by atoms with van der Waals surface area (Å²) in [6.07, 6.45) is 11.0. The van der Waals surface area contributed by atoms with Crippen molar-refractivity contribution in [3.8, 4) is 0 Å². The summed E-state index contributed by atoms with van der Waals surface area (Å²) >= 11 is 0. The third-order valence-electron chi connectivity index (χ3n) is 3.08. The summed E-state index contributed by atoms with van der Waals surface area (Å²) in [6.45, 7) is 0. The molecule has 1 heterocycles. The lowest BCUT2D eigenvalue weighted by molar-refractivity contribution is 0.489. The highest BCUT2D eigenvalue weighted by Crippen LogP contribution is 2.21. The molecule has 1 aromatic rings. The number of rotatable bonds is 4. The van der Waals surface area contributed by atoms with Crippen LogP contribution in [-0.2, 0) is 6.42 Å². The SMILES string of the molecule is NC(CCc1ccco1)C1=CCCCC1. The van der Waals surface area contributed by atoms with E-state index in [1.54, 1.807) is 6.26 Å². The molecule has 2 heteroatoms. The highest BCUT2D eigenvalue weighted by Gasteiger charge is 2.12. The molecule has 1 aliphatic carbocycles. The standard InChI is InChI=1S/C13H19NO/c14-13(11-5-2-1-3-6-11)9-8-12-7-4-10-15-12/h4-5,7,10,13H,1-3,6,8-9,14H2. The van der Waals surface area contributed by atoms with Gasteiger partial charge in [0.15, 0.2) is 0 Å². The first-order valence-corrected chi connectivity index (χ1v) is 5.83. The number of aryl methyl sites for hydroxylation is 1. The van der Waals surface area contributed by atoms with E-state index in [2.05, 4.69) is 6.08 Å². The van der Waals surface area contributed by atoms with E-state index in [0.29, 0.717) is 0 Å². The number of allylic oxidation sites excluding steroid dienone is 1. The van der Waals surface area contributed by atoms with Crippen LogP contribution in [0.25, 0.3) is 0 Å². The molecule has 0 aromatic carbocycles. The average molecular weight is 205 g/mol. The predicted molar refractivity (Wildman–Crippen MR) is 61.6 cm³/mol. The molecule has 15 heavy (non-hydrogen) atoms. The van der Waals surface area contributed by atoms with E-state index in [-0.39, 0.29) is 6.04 Å². The molecular weight excluding hydrogens is 186 g/mol. The van der Waals surface area contributed by atoms with Crippen LogP contribution in [-0.4, -0.2) is 6.04 Å². The van der Waals surface area contributed by atoms with Crippen molar-refractivity contribution in [1.29, 1.82) is 0 Å². The topological polar surface area (TPSA) is 39.2 Å². The van der Waals surface area contributed by atoms with Crippen LogP contribution in [0.2, 0.25) is 0 Å². The van der Waals surface area contributed by atoms with E-state index in [1.165, 1.54) is 31.3 Å². The Morgan fingerprint density at radius 3 is 3.00 bits per heavy atom. The zero-order chi connectivity index (χ0) is 10.5. The van der Waals surface area contributed by atoms with Gasteiger partial charge in [-0.15, -0.1) is 0 Å². The van der Waals surface area contributed by atoms with Crippen LogP contribution in [0.5, 0.6) is 0 Å². The molecule has 0 saturated heterocycles. The minimum Gasteiger partial charge on any atom is -0.469 e. The average Bonchev–Trinajstić information content (AvgIpc) is 2.80. The van der Waals surface area contributed by atoms with Gasteiger partial charge in [0.2, 0.25) is 0 Å². The molecule has 2 N–H and O–H groups in total. The molecule has 1 unspecified atom stereocenters. The van der Waals surface area contributed by atoms with Crippen LogP contribution in [0, 0.1) is 0 Å². The third kappa shape index (κ3) is 2.96. The molecule has 0 spiro atoms. The second-order valence-corrected chi connectivity index (χ2v) is 4.25. The van der Waals surface area contributed by atoms with Gasteiger partial charge >= 0.3 is 0 Å². The highest BCUT2D eigenvalue weighted by molar-refractivity contribution is 5.13. The molecule has 1 aromatic heterocycles. The fraction of sp³-hybridized carbons (Fsp3) is 0.538. The number of hydrogen-bond donors (Lipinski definition) is 1. The summed E-state index contributed by atoms with van der Waals surface area (Å²) < 4.78 is 5.30. The first kappa shape index (κ1) is 10.5. The molecule has 2 rings (SSSR count). The Labute approximate surface area is 91.2 Å². The van der Waals surface area contributed by atoms with Crippen molar-refractivity contribution in [2.45, 2.75) is 44.6 Å². The molecule has 0 radical (unpaired) electrons. The maximum atomic E-state index is 6.16. The van der Waals surface area contributed by atoms with Crippen molar-refractivity contribution >= 4 is 0 Å². The van der Waals surface area contributed by atoms with Crippen LogP contribution >= 0.6 is 0 Å². The van der Waals surface area contributed by atoms with Crippen LogP contribution in [0.4, 0.5) is 0 Å². The van der Waals surface area contributed by atoms with Crippen LogP contribution in [0.1, 0.15) is 37.9 Å². The lowest BCUT2D eigenvalue weighted by atomic mass is 9.92. The Hall–Kier alpha value is -1.02. The maximum Gasteiger partial charge on any atom is 0.103 e. The molecule has 0 bridgehead atoms. The van der Waals surface area contributed by atoms with E-state index in [1.807, 2.05) is 12.1 Å². The fourth-order valence-corrected chi connectivity index (χ4v) is 2.14. The van der Waals surface area contributed by atoms with Crippen molar-refractivity contribution in [3.05, 3.63) is 35.8 Å². The van der Waals surface area contributed by atoms with Crippen LogP contribution in [0.15, 0.2) is 34.5 Å². The molecule has 1 atom stereocenters. The minimum absolute atomic E-state index is 0.232. The van der Waals surface area contributed by atoms with Gasteiger partial charge in [-0.25, -0.2) is 0 Å². The van der Waals surface area contributed by atoms with Crippen LogP contribution < -0.4 is 5.73 Å². The van der Waals surface area contributed by atoms with E-state index in [4.69, 9.17) is 10.2 Å². The van der Waals surface area contributed by atoms with Gasteiger partial charge in [-0.3, -0.25) is 0 Å².